The summed E-state index contributed by atoms with van der Waals surface area (Å²) in [6, 6.07) is 11.2. The topological polar surface area (TPSA) is 89.0 Å². The zero-order valence-electron chi connectivity index (χ0n) is 16.2. The summed E-state index contributed by atoms with van der Waals surface area (Å²) < 4.78 is 36.4. The molecule has 0 aliphatic heterocycles. The van der Waals surface area contributed by atoms with E-state index in [2.05, 4.69) is 15.0 Å². The average molecular weight is 391 g/mol. The summed E-state index contributed by atoms with van der Waals surface area (Å²) in [4.78, 5) is 4.40. The number of nitrogens with zero attached hydrogens (tertiary/aromatic N) is 1. The van der Waals surface area contributed by atoms with Crippen LogP contribution in [0.25, 0.3) is 0 Å². The Hall–Kier alpha value is -2.74. The van der Waals surface area contributed by atoms with Crippen molar-refractivity contribution in [3.05, 3.63) is 53.1 Å². The second-order valence-electron chi connectivity index (χ2n) is 6.16. The summed E-state index contributed by atoms with van der Waals surface area (Å²) in [7, 11) is -0.351. The first kappa shape index (κ1) is 20.6. The van der Waals surface area contributed by atoms with E-state index in [4.69, 9.17) is 9.47 Å². The Kier molecular flexibility index (Phi) is 6.68. The van der Waals surface area contributed by atoms with E-state index < -0.39 is 10.0 Å². The lowest BCUT2D eigenvalue weighted by Gasteiger charge is -2.14. The van der Waals surface area contributed by atoms with Gasteiger partial charge in [-0.2, -0.15) is 0 Å². The molecule has 0 aliphatic carbocycles. The molecule has 0 radical (unpaired) electrons. The molecule has 7 nitrogen and oxygen atoms in total. The van der Waals surface area contributed by atoms with Crippen LogP contribution in [0, 0.1) is 13.8 Å². The molecule has 0 aliphatic rings. The standard InChI is InChI=1S/C19H25N3O4S/c1-13-6-9-17(14(2)10-13)21-19(22-27(5,23)24)20-12-15-7-8-16(25-3)11-18(15)26-4/h6-11H,12H2,1-5H3,(H2,20,21,22). The van der Waals surface area contributed by atoms with Crippen molar-refractivity contribution in [1.29, 1.82) is 0 Å². The quantitative estimate of drug-likeness (QED) is 0.584. The van der Waals surface area contributed by atoms with Crippen molar-refractivity contribution in [3.8, 4) is 11.5 Å². The third-order valence-electron chi connectivity index (χ3n) is 3.82. The van der Waals surface area contributed by atoms with Gasteiger partial charge in [0, 0.05) is 17.3 Å². The number of methoxy groups -OCH3 is 2. The van der Waals surface area contributed by atoms with Gasteiger partial charge in [-0.15, -0.1) is 0 Å². The normalized spacial score (nSPS) is 11.8. The summed E-state index contributed by atoms with van der Waals surface area (Å²) in [6.07, 6.45) is 1.08. The number of aryl methyl sites for hydroxylation is 2. The molecule has 0 unspecified atom stereocenters. The highest BCUT2D eigenvalue weighted by Crippen LogP contribution is 2.25. The van der Waals surface area contributed by atoms with E-state index >= 15 is 0 Å². The fourth-order valence-corrected chi connectivity index (χ4v) is 2.97. The van der Waals surface area contributed by atoms with Crippen LogP contribution < -0.4 is 19.5 Å². The molecule has 146 valence electrons. The molecule has 0 atom stereocenters. The van der Waals surface area contributed by atoms with Crippen molar-refractivity contribution >= 4 is 21.7 Å². The molecule has 0 spiro atoms. The minimum Gasteiger partial charge on any atom is -0.497 e. The molecule has 0 heterocycles. The third-order valence-corrected chi connectivity index (χ3v) is 4.38. The number of benzene rings is 2. The van der Waals surface area contributed by atoms with E-state index in [9.17, 15) is 8.42 Å². The molecule has 2 N–H and O–H groups in total. The second-order valence-corrected chi connectivity index (χ2v) is 7.91. The van der Waals surface area contributed by atoms with Crippen LogP contribution in [0.2, 0.25) is 0 Å². The highest BCUT2D eigenvalue weighted by atomic mass is 32.2. The van der Waals surface area contributed by atoms with Gasteiger partial charge >= 0.3 is 0 Å². The zero-order chi connectivity index (χ0) is 20.0. The Balaban J connectivity index is 2.31. The minimum atomic E-state index is -3.49. The van der Waals surface area contributed by atoms with Crippen LogP contribution in [0.5, 0.6) is 11.5 Å². The zero-order valence-corrected chi connectivity index (χ0v) is 17.0. The van der Waals surface area contributed by atoms with Crippen LogP contribution in [0.1, 0.15) is 16.7 Å². The Bertz CT molecular complexity index is 940. The number of guanidine groups is 1. The maximum atomic E-state index is 11.7. The van der Waals surface area contributed by atoms with E-state index in [0.29, 0.717) is 11.5 Å². The summed E-state index contributed by atoms with van der Waals surface area (Å²) in [5.41, 5.74) is 3.68. The molecule has 27 heavy (non-hydrogen) atoms. The SMILES string of the molecule is COc1ccc(CN=C(Nc2ccc(C)cc2C)NS(C)(=O)=O)c(OC)c1. The lowest BCUT2D eigenvalue weighted by Crippen LogP contribution is -2.35. The number of anilines is 1. The van der Waals surface area contributed by atoms with Gasteiger partial charge in [-0.1, -0.05) is 17.7 Å². The van der Waals surface area contributed by atoms with E-state index in [1.165, 1.54) is 0 Å². The maximum Gasteiger partial charge on any atom is 0.232 e. The number of nitrogens with one attached hydrogen (secondary N) is 2. The molecular weight excluding hydrogens is 366 g/mol. The van der Waals surface area contributed by atoms with E-state index in [-0.39, 0.29) is 12.5 Å². The Morgan fingerprint density at radius 3 is 2.41 bits per heavy atom. The molecule has 0 saturated heterocycles. The Morgan fingerprint density at radius 1 is 1.07 bits per heavy atom. The fraction of sp³-hybridized carbons (Fsp3) is 0.316. The number of hydrogen-bond donors (Lipinski definition) is 2. The lowest BCUT2D eigenvalue weighted by atomic mass is 10.1. The first-order valence-corrected chi connectivity index (χ1v) is 10.2. The molecule has 2 rings (SSSR count). The van der Waals surface area contributed by atoms with Gasteiger partial charge in [0.25, 0.3) is 0 Å². The maximum absolute atomic E-state index is 11.7. The Labute approximate surface area is 160 Å². The minimum absolute atomic E-state index is 0.141. The Morgan fingerprint density at radius 2 is 1.81 bits per heavy atom. The van der Waals surface area contributed by atoms with Crippen molar-refractivity contribution in [2.45, 2.75) is 20.4 Å². The van der Waals surface area contributed by atoms with Crippen molar-refractivity contribution in [2.75, 3.05) is 25.8 Å². The molecule has 2 aromatic rings. The van der Waals surface area contributed by atoms with Gasteiger partial charge in [-0.25, -0.2) is 13.4 Å². The smallest absolute Gasteiger partial charge is 0.232 e. The van der Waals surface area contributed by atoms with Gasteiger partial charge in [0.15, 0.2) is 0 Å². The summed E-state index contributed by atoms with van der Waals surface area (Å²) >= 11 is 0. The highest BCUT2D eigenvalue weighted by molar-refractivity contribution is 7.89. The fourth-order valence-electron chi connectivity index (χ4n) is 2.50. The van der Waals surface area contributed by atoms with Gasteiger partial charge in [0.05, 0.1) is 27.0 Å². The van der Waals surface area contributed by atoms with Gasteiger partial charge in [0.1, 0.15) is 11.5 Å². The molecule has 0 saturated carbocycles. The van der Waals surface area contributed by atoms with Crippen molar-refractivity contribution in [2.24, 2.45) is 4.99 Å². The van der Waals surface area contributed by atoms with Crippen LogP contribution in [0.3, 0.4) is 0 Å². The first-order valence-electron chi connectivity index (χ1n) is 8.29. The van der Waals surface area contributed by atoms with Gasteiger partial charge in [-0.05, 0) is 37.6 Å². The molecular formula is C19H25N3O4S. The van der Waals surface area contributed by atoms with Gasteiger partial charge < -0.3 is 14.8 Å². The monoisotopic (exact) mass is 391 g/mol. The summed E-state index contributed by atoms with van der Waals surface area (Å²) in [5.74, 6) is 1.42. The predicted octanol–water partition coefficient (Wildman–Crippen LogP) is 2.84. The average Bonchev–Trinajstić information content (AvgIpc) is 2.60. The van der Waals surface area contributed by atoms with Crippen molar-refractivity contribution in [3.63, 3.8) is 0 Å². The summed E-state index contributed by atoms with van der Waals surface area (Å²) in [5, 5.41) is 3.06. The van der Waals surface area contributed by atoms with Crippen LogP contribution in [-0.2, 0) is 16.6 Å². The number of sulfonamides is 1. The van der Waals surface area contributed by atoms with Crippen LogP contribution in [0.15, 0.2) is 41.4 Å². The number of hydrogen-bond acceptors (Lipinski definition) is 5. The van der Waals surface area contributed by atoms with Crippen LogP contribution in [-0.4, -0.2) is 34.9 Å². The predicted molar refractivity (Wildman–Crippen MR) is 108 cm³/mol. The number of aliphatic imine (C=N–C) groups is 1. The summed E-state index contributed by atoms with van der Waals surface area (Å²) in [6.45, 7) is 4.17. The van der Waals surface area contributed by atoms with E-state index in [1.54, 1.807) is 26.4 Å². The third kappa shape index (κ3) is 6.18. The van der Waals surface area contributed by atoms with Gasteiger partial charge in [-0.3, -0.25) is 4.72 Å². The molecule has 0 fully saturated rings. The van der Waals surface area contributed by atoms with Gasteiger partial charge in [0.2, 0.25) is 16.0 Å². The van der Waals surface area contributed by atoms with Crippen molar-refractivity contribution < 1.29 is 17.9 Å². The molecule has 0 amide bonds. The molecule has 8 heteroatoms. The van der Waals surface area contributed by atoms with Crippen LogP contribution >= 0.6 is 0 Å². The van der Waals surface area contributed by atoms with E-state index in [1.807, 2.05) is 38.1 Å². The second kappa shape index (κ2) is 8.77. The molecule has 0 aromatic heterocycles. The first-order chi connectivity index (χ1) is 12.7. The molecule has 0 bridgehead atoms. The largest absolute Gasteiger partial charge is 0.497 e. The van der Waals surface area contributed by atoms with Crippen molar-refractivity contribution in [1.82, 2.24) is 4.72 Å². The lowest BCUT2D eigenvalue weighted by molar-refractivity contribution is 0.391. The molecule has 2 aromatic carbocycles. The number of rotatable bonds is 6. The highest BCUT2D eigenvalue weighted by Gasteiger charge is 2.10. The van der Waals surface area contributed by atoms with E-state index in [0.717, 1.165) is 28.6 Å². The number of ether oxygens (including phenoxy) is 2. The van der Waals surface area contributed by atoms with Crippen LogP contribution in [0.4, 0.5) is 5.69 Å².